The topological polar surface area (TPSA) is 59.6 Å². The van der Waals surface area contributed by atoms with Crippen molar-refractivity contribution in [2.24, 2.45) is 0 Å². The Morgan fingerprint density at radius 2 is 1.95 bits per heavy atom. The molecule has 20 heavy (non-hydrogen) atoms. The Hall–Kier alpha value is -1.59. The number of ether oxygens (including phenoxy) is 2. The molecular formula is C15H24N2O3. The number of anilines is 1. The number of hydrogen-bond donors (Lipinski definition) is 2. The smallest absolute Gasteiger partial charge is 0.253 e. The summed E-state index contributed by atoms with van der Waals surface area (Å²) in [6.45, 7) is 2.60. The molecule has 5 heteroatoms. The normalized spacial score (nSPS) is 10.3. The lowest BCUT2D eigenvalue weighted by Crippen LogP contribution is -2.25. The third kappa shape index (κ3) is 6.04. The Labute approximate surface area is 120 Å². The molecular weight excluding hydrogens is 256 g/mol. The summed E-state index contributed by atoms with van der Waals surface area (Å²) < 4.78 is 10.2. The molecule has 0 saturated carbocycles. The van der Waals surface area contributed by atoms with Gasteiger partial charge in [-0.2, -0.15) is 0 Å². The van der Waals surface area contributed by atoms with E-state index in [-0.39, 0.29) is 5.91 Å². The zero-order valence-corrected chi connectivity index (χ0v) is 12.3. The van der Waals surface area contributed by atoms with Gasteiger partial charge in [-0.25, -0.2) is 0 Å². The molecule has 0 aliphatic rings. The largest absolute Gasteiger partial charge is 0.387 e. The van der Waals surface area contributed by atoms with Crippen LogP contribution in [0.15, 0.2) is 24.3 Å². The standard InChI is InChI=1S/C15H24N2O3/c1-16-14-8-4-3-7-13(14)15(18)17-9-5-6-10-20-12-11-19-2/h3-4,7-8,16H,5-6,9-12H2,1-2H3,(H,17,18). The average molecular weight is 280 g/mol. The van der Waals surface area contributed by atoms with Crippen LogP contribution in [0.3, 0.4) is 0 Å². The molecule has 5 nitrogen and oxygen atoms in total. The van der Waals surface area contributed by atoms with Crippen LogP contribution < -0.4 is 10.6 Å². The predicted molar refractivity (Wildman–Crippen MR) is 80.3 cm³/mol. The number of amides is 1. The molecule has 1 aromatic carbocycles. The number of carbonyl (C=O) groups excluding carboxylic acids is 1. The van der Waals surface area contributed by atoms with Crippen LogP contribution in [-0.2, 0) is 9.47 Å². The van der Waals surface area contributed by atoms with Crippen molar-refractivity contribution in [3.05, 3.63) is 29.8 Å². The number of methoxy groups -OCH3 is 1. The van der Waals surface area contributed by atoms with Crippen LogP contribution in [0.4, 0.5) is 5.69 Å². The molecule has 2 N–H and O–H groups in total. The fraction of sp³-hybridized carbons (Fsp3) is 0.533. The molecule has 112 valence electrons. The number of benzene rings is 1. The van der Waals surface area contributed by atoms with Crippen LogP contribution in [0.2, 0.25) is 0 Å². The van der Waals surface area contributed by atoms with Crippen LogP contribution in [0.5, 0.6) is 0 Å². The van der Waals surface area contributed by atoms with Crippen molar-refractivity contribution in [2.75, 3.05) is 45.8 Å². The summed E-state index contributed by atoms with van der Waals surface area (Å²) in [6.07, 6.45) is 1.83. The van der Waals surface area contributed by atoms with Gasteiger partial charge in [0.25, 0.3) is 5.91 Å². The molecule has 0 saturated heterocycles. The molecule has 1 aromatic rings. The maximum Gasteiger partial charge on any atom is 0.253 e. The lowest BCUT2D eigenvalue weighted by atomic mass is 10.1. The Bertz CT molecular complexity index is 396. The maximum absolute atomic E-state index is 12.0. The van der Waals surface area contributed by atoms with Gasteiger partial charge in [0.2, 0.25) is 0 Å². The van der Waals surface area contributed by atoms with Gasteiger partial charge in [0, 0.05) is 33.0 Å². The highest BCUT2D eigenvalue weighted by Crippen LogP contribution is 2.13. The summed E-state index contributed by atoms with van der Waals surface area (Å²) in [5.74, 6) is -0.0461. The highest BCUT2D eigenvalue weighted by Gasteiger charge is 2.08. The molecule has 0 radical (unpaired) electrons. The van der Waals surface area contributed by atoms with Crippen molar-refractivity contribution in [3.63, 3.8) is 0 Å². The fourth-order valence-corrected chi connectivity index (χ4v) is 1.77. The van der Waals surface area contributed by atoms with Crippen LogP contribution in [0.1, 0.15) is 23.2 Å². The number of para-hydroxylation sites is 1. The van der Waals surface area contributed by atoms with Crippen LogP contribution in [-0.4, -0.2) is 46.4 Å². The van der Waals surface area contributed by atoms with E-state index in [0.29, 0.717) is 31.9 Å². The van der Waals surface area contributed by atoms with Crippen molar-refractivity contribution in [3.8, 4) is 0 Å². The predicted octanol–water partition coefficient (Wildman–Crippen LogP) is 1.90. The zero-order chi connectivity index (χ0) is 14.6. The van der Waals surface area contributed by atoms with Crippen molar-refractivity contribution in [1.29, 1.82) is 0 Å². The lowest BCUT2D eigenvalue weighted by Gasteiger charge is -2.09. The second kappa shape index (κ2) is 10.2. The van der Waals surface area contributed by atoms with Gasteiger partial charge in [-0.1, -0.05) is 12.1 Å². The molecule has 0 aliphatic heterocycles. The van der Waals surface area contributed by atoms with E-state index in [0.717, 1.165) is 18.5 Å². The molecule has 0 aliphatic carbocycles. The molecule has 0 spiro atoms. The zero-order valence-electron chi connectivity index (χ0n) is 12.3. The second-order valence-corrected chi connectivity index (χ2v) is 4.36. The lowest BCUT2D eigenvalue weighted by molar-refractivity contribution is 0.0686. The first-order valence-electron chi connectivity index (χ1n) is 6.91. The van der Waals surface area contributed by atoms with Crippen LogP contribution >= 0.6 is 0 Å². The summed E-state index contributed by atoms with van der Waals surface area (Å²) in [7, 11) is 3.46. The minimum absolute atomic E-state index is 0.0461. The number of carbonyl (C=O) groups is 1. The third-order valence-corrected chi connectivity index (χ3v) is 2.87. The Morgan fingerprint density at radius 3 is 2.70 bits per heavy atom. The van der Waals surface area contributed by atoms with Gasteiger partial charge in [0.1, 0.15) is 0 Å². The fourth-order valence-electron chi connectivity index (χ4n) is 1.77. The summed E-state index contributed by atoms with van der Waals surface area (Å²) in [5.41, 5.74) is 1.51. The van der Waals surface area contributed by atoms with Crippen LogP contribution in [0.25, 0.3) is 0 Å². The number of nitrogens with one attached hydrogen (secondary N) is 2. The Morgan fingerprint density at radius 1 is 1.15 bits per heavy atom. The van der Waals surface area contributed by atoms with E-state index < -0.39 is 0 Å². The molecule has 0 atom stereocenters. The minimum atomic E-state index is -0.0461. The van der Waals surface area contributed by atoms with E-state index in [9.17, 15) is 4.79 Å². The molecule has 1 rings (SSSR count). The van der Waals surface area contributed by atoms with Gasteiger partial charge in [-0.15, -0.1) is 0 Å². The summed E-state index contributed by atoms with van der Waals surface area (Å²) in [5, 5.41) is 5.93. The molecule has 1 amide bonds. The van der Waals surface area contributed by atoms with Gasteiger partial charge >= 0.3 is 0 Å². The first-order valence-corrected chi connectivity index (χ1v) is 6.91. The van der Waals surface area contributed by atoms with E-state index in [1.165, 1.54) is 0 Å². The third-order valence-electron chi connectivity index (χ3n) is 2.87. The quantitative estimate of drug-likeness (QED) is 0.643. The minimum Gasteiger partial charge on any atom is -0.387 e. The molecule has 0 aromatic heterocycles. The van der Waals surface area contributed by atoms with E-state index in [2.05, 4.69) is 10.6 Å². The summed E-state index contributed by atoms with van der Waals surface area (Å²) in [4.78, 5) is 12.0. The first kappa shape index (κ1) is 16.5. The summed E-state index contributed by atoms with van der Waals surface area (Å²) in [6, 6.07) is 7.47. The second-order valence-electron chi connectivity index (χ2n) is 4.36. The first-order chi connectivity index (χ1) is 9.79. The van der Waals surface area contributed by atoms with Crippen molar-refractivity contribution < 1.29 is 14.3 Å². The number of hydrogen-bond acceptors (Lipinski definition) is 4. The highest BCUT2D eigenvalue weighted by atomic mass is 16.5. The maximum atomic E-state index is 12.0. The molecule has 0 unspecified atom stereocenters. The van der Waals surface area contributed by atoms with E-state index in [1.54, 1.807) is 7.11 Å². The summed E-state index contributed by atoms with van der Waals surface area (Å²) >= 11 is 0. The molecule has 0 fully saturated rings. The molecule has 0 bridgehead atoms. The van der Waals surface area contributed by atoms with Crippen molar-refractivity contribution in [2.45, 2.75) is 12.8 Å². The van der Waals surface area contributed by atoms with Gasteiger partial charge in [-0.3, -0.25) is 4.79 Å². The van der Waals surface area contributed by atoms with Crippen molar-refractivity contribution >= 4 is 11.6 Å². The van der Waals surface area contributed by atoms with Gasteiger partial charge in [0.05, 0.1) is 18.8 Å². The average Bonchev–Trinajstić information content (AvgIpc) is 2.49. The van der Waals surface area contributed by atoms with Crippen LogP contribution in [0, 0.1) is 0 Å². The van der Waals surface area contributed by atoms with E-state index >= 15 is 0 Å². The van der Waals surface area contributed by atoms with E-state index in [4.69, 9.17) is 9.47 Å². The van der Waals surface area contributed by atoms with Gasteiger partial charge in [-0.05, 0) is 25.0 Å². The SMILES string of the molecule is CNc1ccccc1C(=O)NCCCCOCCOC. The Kier molecular flexibility index (Phi) is 8.42. The highest BCUT2D eigenvalue weighted by molar-refractivity contribution is 5.99. The number of rotatable bonds is 10. The van der Waals surface area contributed by atoms with Gasteiger partial charge in [0.15, 0.2) is 0 Å². The number of unbranched alkanes of at least 4 members (excludes halogenated alkanes) is 1. The van der Waals surface area contributed by atoms with E-state index in [1.807, 2.05) is 31.3 Å². The molecule has 0 heterocycles. The van der Waals surface area contributed by atoms with Crippen molar-refractivity contribution in [1.82, 2.24) is 5.32 Å². The van der Waals surface area contributed by atoms with Gasteiger partial charge < -0.3 is 20.1 Å². The monoisotopic (exact) mass is 280 g/mol. The Balaban J connectivity index is 2.17.